The zero-order valence-electron chi connectivity index (χ0n) is 7.42. The van der Waals surface area contributed by atoms with Crippen LogP contribution in [0.1, 0.15) is 27.2 Å². The maximum Gasteiger partial charge on any atom is 0.161 e. The molecule has 0 aromatic rings. The van der Waals surface area contributed by atoms with Gasteiger partial charge in [-0.25, -0.2) is 0 Å². The normalized spacial score (nSPS) is 14.2. The fraction of sp³-hybridized carbons (Fsp3) is 0.667. The first-order valence-corrected chi connectivity index (χ1v) is 3.80. The van der Waals surface area contributed by atoms with Gasteiger partial charge in [0.2, 0.25) is 0 Å². The molecule has 0 spiro atoms. The summed E-state index contributed by atoms with van der Waals surface area (Å²) in [5, 5.41) is 9.42. The highest BCUT2D eigenvalue weighted by atomic mass is 16.3. The predicted molar refractivity (Wildman–Crippen MR) is 45.3 cm³/mol. The lowest BCUT2D eigenvalue weighted by Crippen LogP contribution is -2.34. The van der Waals surface area contributed by atoms with Gasteiger partial charge in [0.1, 0.15) is 6.10 Å². The van der Waals surface area contributed by atoms with Gasteiger partial charge >= 0.3 is 0 Å². The largest absolute Gasteiger partial charge is 0.384 e. The molecule has 1 N–H and O–H groups in total. The molecule has 2 nitrogen and oxygen atoms in total. The number of hydrogen-bond acceptors (Lipinski definition) is 2. The summed E-state index contributed by atoms with van der Waals surface area (Å²) in [4.78, 5) is 11.0. The SMILES string of the molecule is C=CC(C)(C)[C@@H](O)C(=O)CC. The van der Waals surface area contributed by atoms with Gasteiger partial charge in [0.25, 0.3) is 0 Å². The third-order valence-electron chi connectivity index (χ3n) is 1.88. The lowest BCUT2D eigenvalue weighted by molar-refractivity contribution is -0.130. The minimum atomic E-state index is -0.912. The topological polar surface area (TPSA) is 37.3 Å². The van der Waals surface area contributed by atoms with E-state index >= 15 is 0 Å². The van der Waals surface area contributed by atoms with Crippen molar-refractivity contribution in [1.29, 1.82) is 0 Å². The fourth-order valence-corrected chi connectivity index (χ4v) is 0.720. The van der Waals surface area contributed by atoms with Crippen LogP contribution in [0.3, 0.4) is 0 Å². The minimum Gasteiger partial charge on any atom is -0.384 e. The average Bonchev–Trinajstić information content (AvgIpc) is 2.01. The van der Waals surface area contributed by atoms with E-state index in [1.807, 2.05) is 0 Å². The third-order valence-corrected chi connectivity index (χ3v) is 1.88. The second kappa shape index (κ2) is 3.67. The Morgan fingerprint density at radius 1 is 1.73 bits per heavy atom. The summed E-state index contributed by atoms with van der Waals surface area (Å²) >= 11 is 0. The van der Waals surface area contributed by atoms with Gasteiger partial charge < -0.3 is 5.11 Å². The molecule has 0 aliphatic rings. The Kier molecular flexibility index (Phi) is 3.46. The van der Waals surface area contributed by atoms with Gasteiger partial charge in [0.15, 0.2) is 5.78 Å². The number of rotatable bonds is 4. The van der Waals surface area contributed by atoms with Crippen LogP contribution in [-0.4, -0.2) is 17.0 Å². The van der Waals surface area contributed by atoms with Crippen LogP contribution in [0.25, 0.3) is 0 Å². The lowest BCUT2D eigenvalue weighted by Gasteiger charge is -2.24. The molecule has 0 unspecified atom stereocenters. The van der Waals surface area contributed by atoms with Crippen LogP contribution in [-0.2, 0) is 4.79 Å². The molecule has 0 aromatic heterocycles. The molecule has 11 heavy (non-hydrogen) atoms. The molecule has 0 saturated carbocycles. The van der Waals surface area contributed by atoms with E-state index in [0.29, 0.717) is 6.42 Å². The van der Waals surface area contributed by atoms with Gasteiger partial charge in [-0.15, -0.1) is 6.58 Å². The van der Waals surface area contributed by atoms with Crippen LogP contribution in [0, 0.1) is 5.41 Å². The number of hydrogen-bond donors (Lipinski definition) is 1. The van der Waals surface area contributed by atoms with E-state index in [9.17, 15) is 9.90 Å². The van der Waals surface area contributed by atoms with Crippen molar-refractivity contribution in [2.45, 2.75) is 33.3 Å². The maximum absolute atomic E-state index is 11.0. The van der Waals surface area contributed by atoms with Gasteiger partial charge in [-0.05, 0) is 0 Å². The monoisotopic (exact) mass is 156 g/mol. The van der Waals surface area contributed by atoms with Crippen molar-refractivity contribution in [2.75, 3.05) is 0 Å². The number of aliphatic hydroxyl groups excluding tert-OH is 1. The van der Waals surface area contributed by atoms with E-state index in [2.05, 4.69) is 6.58 Å². The molecule has 0 saturated heterocycles. The molecule has 0 radical (unpaired) electrons. The molecule has 0 bridgehead atoms. The third kappa shape index (κ3) is 2.46. The van der Waals surface area contributed by atoms with Crippen molar-refractivity contribution in [3.05, 3.63) is 12.7 Å². The highest BCUT2D eigenvalue weighted by Crippen LogP contribution is 2.22. The highest BCUT2D eigenvalue weighted by molar-refractivity contribution is 5.83. The van der Waals surface area contributed by atoms with E-state index < -0.39 is 11.5 Å². The maximum atomic E-state index is 11.0. The Morgan fingerprint density at radius 2 is 2.18 bits per heavy atom. The quantitative estimate of drug-likeness (QED) is 0.627. The number of ketones is 1. The van der Waals surface area contributed by atoms with E-state index in [-0.39, 0.29) is 5.78 Å². The fourth-order valence-electron chi connectivity index (χ4n) is 0.720. The molecule has 64 valence electrons. The number of carbonyl (C=O) groups is 1. The van der Waals surface area contributed by atoms with Gasteiger partial charge in [-0.2, -0.15) is 0 Å². The predicted octanol–water partition coefficient (Wildman–Crippen LogP) is 1.54. The van der Waals surface area contributed by atoms with Gasteiger partial charge in [0, 0.05) is 11.8 Å². The highest BCUT2D eigenvalue weighted by Gasteiger charge is 2.28. The number of aliphatic hydroxyl groups is 1. The Bertz CT molecular complexity index is 159. The van der Waals surface area contributed by atoms with Crippen molar-refractivity contribution in [3.8, 4) is 0 Å². The summed E-state index contributed by atoms with van der Waals surface area (Å²) in [6.07, 6.45) is 1.06. The summed E-state index contributed by atoms with van der Waals surface area (Å²) in [5.74, 6) is -0.130. The van der Waals surface area contributed by atoms with Crippen LogP contribution in [0.5, 0.6) is 0 Å². The molecule has 2 heteroatoms. The van der Waals surface area contributed by atoms with E-state index in [1.165, 1.54) is 0 Å². The summed E-state index contributed by atoms with van der Waals surface area (Å²) in [7, 11) is 0. The Labute approximate surface area is 67.9 Å². The van der Waals surface area contributed by atoms with Crippen molar-refractivity contribution in [3.63, 3.8) is 0 Å². The standard InChI is InChI=1S/C9H16O2/c1-5-7(10)8(11)9(3,4)6-2/h6,8,11H,2,5H2,1,3-4H3/t8-/m0/s1. The van der Waals surface area contributed by atoms with E-state index in [0.717, 1.165) is 0 Å². The molecule has 0 amide bonds. The van der Waals surface area contributed by atoms with Crippen LogP contribution in [0.2, 0.25) is 0 Å². The molecule has 0 aliphatic carbocycles. The molecular formula is C9H16O2. The van der Waals surface area contributed by atoms with Crippen LogP contribution < -0.4 is 0 Å². The van der Waals surface area contributed by atoms with Crippen LogP contribution in [0.15, 0.2) is 12.7 Å². The summed E-state index contributed by atoms with van der Waals surface area (Å²) in [6, 6.07) is 0. The van der Waals surface area contributed by atoms with E-state index in [4.69, 9.17) is 0 Å². The zero-order valence-corrected chi connectivity index (χ0v) is 7.42. The Morgan fingerprint density at radius 3 is 2.45 bits per heavy atom. The van der Waals surface area contributed by atoms with Gasteiger partial charge in [-0.1, -0.05) is 26.8 Å². The summed E-state index contributed by atoms with van der Waals surface area (Å²) in [5.41, 5.74) is -0.507. The average molecular weight is 156 g/mol. The van der Waals surface area contributed by atoms with Crippen LogP contribution >= 0.6 is 0 Å². The first-order chi connectivity index (χ1) is 4.95. The summed E-state index contributed by atoms with van der Waals surface area (Å²) in [6.45, 7) is 8.88. The molecule has 0 aliphatic heterocycles. The lowest BCUT2D eigenvalue weighted by atomic mass is 9.84. The molecule has 0 rings (SSSR count). The van der Waals surface area contributed by atoms with Crippen LogP contribution in [0.4, 0.5) is 0 Å². The first-order valence-electron chi connectivity index (χ1n) is 3.80. The molecule has 1 atom stereocenters. The number of carbonyl (C=O) groups excluding carboxylic acids is 1. The molecular weight excluding hydrogens is 140 g/mol. The summed E-state index contributed by atoms with van der Waals surface area (Å²) < 4.78 is 0. The second-order valence-electron chi connectivity index (χ2n) is 3.25. The molecule has 0 heterocycles. The molecule has 0 fully saturated rings. The number of Topliss-reactive ketones (excluding diaryl/α,β-unsaturated/α-hetero) is 1. The van der Waals surface area contributed by atoms with Crippen molar-refractivity contribution in [1.82, 2.24) is 0 Å². The zero-order chi connectivity index (χ0) is 9.07. The van der Waals surface area contributed by atoms with Crippen molar-refractivity contribution >= 4 is 5.78 Å². The van der Waals surface area contributed by atoms with Crippen molar-refractivity contribution in [2.24, 2.45) is 5.41 Å². The Hall–Kier alpha value is -0.630. The van der Waals surface area contributed by atoms with Gasteiger partial charge in [0.05, 0.1) is 0 Å². The first kappa shape index (κ1) is 10.4. The van der Waals surface area contributed by atoms with Crippen molar-refractivity contribution < 1.29 is 9.90 Å². The second-order valence-corrected chi connectivity index (χ2v) is 3.25. The van der Waals surface area contributed by atoms with E-state index in [1.54, 1.807) is 26.8 Å². The molecule has 0 aromatic carbocycles. The smallest absolute Gasteiger partial charge is 0.161 e. The minimum absolute atomic E-state index is 0.130. The van der Waals surface area contributed by atoms with Gasteiger partial charge in [-0.3, -0.25) is 4.79 Å². The Balaban J connectivity index is 4.34.